The van der Waals surface area contributed by atoms with Crippen molar-refractivity contribution in [1.82, 2.24) is 13.9 Å². The fraction of sp³-hybridized carbons (Fsp3) is 0.410. The average molecular weight is 1700 g/mol. The Bertz CT molecular complexity index is 5990. The molecule has 14 aromatic rings. The third-order valence-corrected chi connectivity index (χ3v) is 27.0. The summed E-state index contributed by atoms with van der Waals surface area (Å²) < 4.78 is 29.1. The summed E-state index contributed by atoms with van der Waals surface area (Å²) in [5.41, 5.74) is 40.5. The van der Waals surface area contributed by atoms with E-state index in [0.717, 1.165) is 22.8 Å². The summed E-state index contributed by atoms with van der Waals surface area (Å²) >= 11 is 0. The topological polar surface area (TPSA) is 60.5 Å². The van der Waals surface area contributed by atoms with Crippen molar-refractivity contribution in [3.8, 4) is 84.5 Å². The Morgan fingerprint density at radius 1 is 0.378 bits per heavy atom. The molecular formula is C117H153N8O2+5. The number of oxazole rings is 2. The minimum atomic E-state index is -0.0257. The highest BCUT2D eigenvalue weighted by Gasteiger charge is 2.52. The quantitative estimate of drug-likeness (QED) is 0.114. The summed E-state index contributed by atoms with van der Waals surface area (Å²) in [6.45, 7) is 73.3. The van der Waals surface area contributed by atoms with Gasteiger partial charge in [0.25, 0.3) is 11.4 Å². The third kappa shape index (κ3) is 19.9. The Kier molecular flexibility index (Phi) is 28.5. The van der Waals surface area contributed by atoms with Crippen LogP contribution in [0, 0.1) is 34.6 Å². The lowest BCUT2D eigenvalue weighted by atomic mass is 9.59. The molecule has 0 saturated carbocycles. The van der Waals surface area contributed by atoms with Crippen LogP contribution in [0.1, 0.15) is 300 Å². The zero-order valence-electron chi connectivity index (χ0n) is 84.6. The molecule has 15 rings (SSSR count). The van der Waals surface area contributed by atoms with Gasteiger partial charge in [-0.3, -0.25) is 0 Å². The molecule has 10 heteroatoms. The number of hydrogen-bond donors (Lipinski definition) is 0. The molecule has 0 bridgehead atoms. The number of nitrogens with zero attached hydrogens (tertiary/aromatic N) is 8. The molecule has 1 aliphatic rings. The smallest absolute Gasteiger partial charge is 0.380 e. The molecule has 0 saturated heterocycles. The van der Waals surface area contributed by atoms with Crippen LogP contribution in [0.2, 0.25) is 0 Å². The van der Waals surface area contributed by atoms with Gasteiger partial charge in [-0.25, -0.2) is 9.13 Å². The van der Waals surface area contributed by atoms with Crippen molar-refractivity contribution in [2.24, 2.45) is 35.2 Å². The fourth-order valence-corrected chi connectivity index (χ4v) is 19.6. The summed E-state index contributed by atoms with van der Waals surface area (Å²) in [7, 11) is 10.5. The van der Waals surface area contributed by atoms with Crippen molar-refractivity contribution in [2.75, 3.05) is 0 Å². The Morgan fingerprint density at radius 3 is 1.27 bits per heavy atom. The maximum atomic E-state index is 5.88. The van der Waals surface area contributed by atoms with E-state index in [1.54, 1.807) is 12.7 Å². The zero-order chi connectivity index (χ0) is 93.6. The van der Waals surface area contributed by atoms with Gasteiger partial charge in [0.2, 0.25) is 18.7 Å². The van der Waals surface area contributed by atoms with E-state index in [-0.39, 0.29) is 37.9 Å². The number of hydrogen-bond acceptors (Lipinski definition) is 2. The number of rotatable bonds is 12. The SMILES string of the molecule is Cc1c(-c2c[n+](-c3c(C(C)C)cccc3C(C)C)cn2C)cccc1C(C)(C)C.Cc1c(-c2coc(-c3ccccc3)[n+]2C)cccc1C(C)(C)C.Cc1c(-c2coc[n+]2C)cccc1C(C)(C)C.Cc1c(-n2cc(-c3c(C(C)C)cccc3C(C)C)c[n+]2C)cccc1C(C)(C)C.Cc1c(C(C)(C)C)ccc2c1-n1c(c(-c3ccccc3)c[n+]1C)C(C)(C)C2(C)C. The molecular weight excluding hydrogens is 1550 g/mol. The van der Waals surface area contributed by atoms with E-state index in [9.17, 15) is 0 Å². The highest BCUT2D eigenvalue weighted by Crippen LogP contribution is 2.54. The normalized spacial score (nSPS) is 13.2. The lowest BCUT2D eigenvalue weighted by Gasteiger charge is -2.47. The molecule has 127 heavy (non-hydrogen) atoms. The minimum absolute atomic E-state index is 0.00832. The predicted molar refractivity (Wildman–Crippen MR) is 533 cm³/mol. The highest BCUT2D eigenvalue weighted by molar-refractivity contribution is 5.74. The van der Waals surface area contributed by atoms with Crippen LogP contribution < -0.4 is 23.1 Å². The van der Waals surface area contributed by atoms with Gasteiger partial charge in [0.05, 0.1) is 41.1 Å². The van der Waals surface area contributed by atoms with Gasteiger partial charge in [0, 0.05) is 27.5 Å². The monoisotopic (exact) mass is 1700 g/mol. The van der Waals surface area contributed by atoms with Crippen molar-refractivity contribution >= 4 is 0 Å². The highest BCUT2D eigenvalue weighted by atomic mass is 16.3. The van der Waals surface area contributed by atoms with Gasteiger partial charge in [-0.2, -0.15) is 9.13 Å². The lowest BCUT2D eigenvalue weighted by molar-refractivity contribution is -0.745. The molecule has 668 valence electrons. The van der Waals surface area contributed by atoms with Gasteiger partial charge in [-0.15, -0.1) is 18.7 Å². The lowest BCUT2D eigenvalue weighted by Crippen LogP contribution is -2.51. The predicted octanol–water partition coefficient (Wildman–Crippen LogP) is 28.2. The molecule has 1 aliphatic heterocycles. The maximum Gasteiger partial charge on any atom is 0.380 e. The Hall–Kier alpha value is -11.0. The standard InChI is InChI=1S/C27H35N2.2C27H37N2.C21H24NO.C15H20NO/c1-18-21(25(2,3)4)15-16-22-23(18)29-24(27(7,8)26(22,5)6)20(17-28(29)9)19-13-11-10-12-14-19;1-18(2)22-12-10-13-23(19(3)4)26(22)21-16-28(9)29(17-21)25-15-11-14-24(20(25)5)27(6,7)8;1-18(2)21-12-10-13-22(19(3)4)26(21)29-16-25(28(9)17-29)23-14-11-15-24(20(23)5)27(6,7)8;1-15-17(12-9-13-18(15)21(2,3)4)19-14-23-20(22(19)5)16-10-7-6-8-11-16;1-11-12(14-9-17-10-16(14)5)7-6-8-13(11)15(2,3)4/h10-17H,1-9H3;2*10-19H,1-9H3;6-14H,1-5H3;6-10H,1-5H3/q5*+1. The summed E-state index contributed by atoms with van der Waals surface area (Å²) in [4.78, 5) is 0. The van der Waals surface area contributed by atoms with Gasteiger partial charge in [-0.05, 0) is 199 Å². The van der Waals surface area contributed by atoms with E-state index in [0.29, 0.717) is 23.7 Å². The number of imidazole rings is 1. The number of para-hydroxylation sites is 1. The van der Waals surface area contributed by atoms with Gasteiger partial charge in [0.1, 0.15) is 43.0 Å². The fourth-order valence-electron chi connectivity index (χ4n) is 19.6. The van der Waals surface area contributed by atoms with E-state index < -0.39 is 0 Å². The molecule has 6 heterocycles. The van der Waals surface area contributed by atoms with Crippen LogP contribution in [0.4, 0.5) is 0 Å². The van der Waals surface area contributed by atoms with Crippen molar-refractivity contribution < 1.29 is 31.9 Å². The van der Waals surface area contributed by atoms with Gasteiger partial charge >= 0.3 is 12.3 Å². The maximum absolute atomic E-state index is 5.88. The van der Waals surface area contributed by atoms with Gasteiger partial charge in [0.15, 0.2) is 32.3 Å². The summed E-state index contributed by atoms with van der Waals surface area (Å²) in [6.07, 6.45) is 16.8. The van der Waals surface area contributed by atoms with E-state index in [1.165, 1.54) is 151 Å². The van der Waals surface area contributed by atoms with Crippen molar-refractivity contribution in [1.29, 1.82) is 0 Å². The van der Waals surface area contributed by atoms with Crippen molar-refractivity contribution in [2.45, 2.75) is 283 Å². The largest absolute Gasteiger partial charge is 0.412 e. The van der Waals surface area contributed by atoms with E-state index in [4.69, 9.17) is 8.83 Å². The minimum Gasteiger partial charge on any atom is -0.412 e. The van der Waals surface area contributed by atoms with Crippen molar-refractivity contribution in [3.63, 3.8) is 0 Å². The second-order valence-electron chi connectivity index (χ2n) is 43.4. The van der Waals surface area contributed by atoms with Crippen molar-refractivity contribution in [3.05, 3.63) is 321 Å². The summed E-state index contributed by atoms with van der Waals surface area (Å²) in [5, 5.41) is 0. The molecule has 0 N–H and O–H groups in total. The first kappa shape index (κ1) is 96.7. The molecule has 0 spiro atoms. The van der Waals surface area contributed by atoms with E-state index in [1.807, 2.05) is 36.1 Å². The van der Waals surface area contributed by atoms with Gasteiger partial charge in [-0.1, -0.05) is 339 Å². The third-order valence-electron chi connectivity index (χ3n) is 27.0. The first-order valence-corrected chi connectivity index (χ1v) is 46.3. The molecule has 0 unspecified atom stereocenters. The van der Waals surface area contributed by atoms with Crippen LogP contribution in [-0.4, -0.2) is 13.9 Å². The average Bonchev–Trinajstić information content (AvgIpc) is 1.61. The number of fused-ring (bicyclic) bond motifs is 3. The first-order chi connectivity index (χ1) is 59.2. The number of aromatic nitrogens is 8. The van der Waals surface area contributed by atoms with Crippen LogP contribution >= 0.6 is 0 Å². The molecule has 0 atom stereocenters. The van der Waals surface area contributed by atoms with Crippen LogP contribution in [0.3, 0.4) is 0 Å². The second-order valence-corrected chi connectivity index (χ2v) is 43.4. The molecule has 0 fully saturated rings. The summed E-state index contributed by atoms with van der Waals surface area (Å²) in [6, 6.07) is 65.7. The molecule has 0 aliphatic carbocycles. The Balaban J connectivity index is 0.000000156. The van der Waals surface area contributed by atoms with Crippen LogP contribution in [-0.2, 0) is 73.1 Å². The molecule has 5 aromatic heterocycles. The van der Waals surface area contributed by atoms with E-state index >= 15 is 0 Å². The van der Waals surface area contributed by atoms with E-state index in [2.05, 4.69) is 477 Å². The summed E-state index contributed by atoms with van der Waals surface area (Å²) in [5.74, 6) is 2.81. The number of aryl methyl sites for hydroxylation is 4. The molecule has 0 radical (unpaired) electrons. The molecule has 9 aromatic carbocycles. The van der Waals surface area contributed by atoms with Crippen LogP contribution in [0.25, 0.3) is 84.5 Å². The zero-order valence-corrected chi connectivity index (χ0v) is 84.6. The van der Waals surface area contributed by atoms with Gasteiger partial charge < -0.3 is 8.83 Å². The second kappa shape index (κ2) is 37.4. The molecule has 0 amide bonds. The number of benzene rings is 9. The molecule has 10 nitrogen and oxygen atoms in total. The Morgan fingerprint density at radius 2 is 0.803 bits per heavy atom. The Labute approximate surface area is 765 Å². The van der Waals surface area contributed by atoms with Crippen LogP contribution in [0.15, 0.2) is 241 Å². The van der Waals surface area contributed by atoms with Crippen LogP contribution in [0.5, 0.6) is 0 Å². The first-order valence-electron chi connectivity index (χ1n) is 46.3.